The van der Waals surface area contributed by atoms with E-state index in [1.165, 1.54) is 23.5 Å². The molecule has 0 spiro atoms. The lowest BCUT2D eigenvalue weighted by Gasteiger charge is -2.17. The van der Waals surface area contributed by atoms with Gasteiger partial charge in [0.25, 0.3) is 0 Å². The van der Waals surface area contributed by atoms with Gasteiger partial charge in [-0.2, -0.15) is 9.40 Å². The molecule has 8 heteroatoms. The molecule has 0 saturated heterocycles. The minimum atomic E-state index is -3.56. The largest absolute Gasteiger partial charge is 0.497 e. The summed E-state index contributed by atoms with van der Waals surface area (Å²) in [4.78, 5) is 0.226. The molecule has 0 aliphatic rings. The first-order valence-electron chi connectivity index (χ1n) is 6.13. The summed E-state index contributed by atoms with van der Waals surface area (Å²) in [5.74, 6) is 0.617. The van der Waals surface area contributed by atoms with Crippen LogP contribution in [0.1, 0.15) is 5.69 Å². The Labute approximate surface area is 132 Å². The van der Waals surface area contributed by atoms with Crippen molar-refractivity contribution in [1.29, 1.82) is 0 Å². The maximum absolute atomic E-state index is 12.5. The first-order valence-corrected chi connectivity index (χ1v) is 8.36. The third-order valence-electron chi connectivity index (χ3n) is 3.15. The number of halogens is 1. The number of methoxy groups -OCH3 is 1. The molecule has 0 N–H and O–H groups in total. The Bertz CT molecular complexity index is 706. The van der Waals surface area contributed by atoms with Crippen molar-refractivity contribution in [2.75, 3.05) is 14.2 Å². The van der Waals surface area contributed by atoms with Gasteiger partial charge in [-0.25, -0.2) is 8.42 Å². The second-order valence-electron chi connectivity index (χ2n) is 4.50. The Morgan fingerprint density at radius 2 is 1.95 bits per heavy atom. The van der Waals surface area contributed by atoms with Gasteiger partial charge in [0.05, 0.1) is 34.9 Å². The Kier molecular flexibility index (Phi) is 4.70. The number of aromatic nitrogens is 2. The van der Waals surface area contributed by atoms with Crippen LogP contribution in [0.5, 0.6) is 5.75 Å². The highest BCUT2D eigenvalue weighted by molar-refractivity contribution is 9.10. The van der Waals surface area contributed by atoms with Gasteiger partial charge >= 0.3 is 0 Å². The van der Waals surface area contributed by atoms with Crippen LogP contribution in [-0.4, -0.2) is 36.7 Å². The van der Waals surface area contributed by atoms with Crippen molar-refractivity contribution in [3.05, 3.63) is 40.6 Å². The van der Waals surface area contributed by atoms with Crippen LogP contribution in [0.2, 0.25) is 0 Å². The number of rotatable bonds is 5. The Balaban J connectivity index is 2.26. The summed E-state index contributed by atoms with van der Waals surface area (Å²) in [6.07, 6.45) is 1.64. The lowest BCUT2D eigenvalue weighted by atomic mass is 10.3. The molecule has 0 amide bonds. The van der Waals surface area contributed by atoms with Crippen molar-refractivity contribution < 1.29 is 13.2 Å². The molecule has 0 unspecified atom stereocenters. The normalized spacial score (nSPS) is 11.9. The van der Waals surface area contributed by atoms with E-state index in [0.717, 1.165) is 10.2 Å². The van der Waals surface area contributed by atoms with Gasteiger partial charge in [0, 0.05) is 14.1 Å². The topological polar surface area (TPSA) is 64.4 Å². The molecule has 0 aliphatic carbocycles. The molecule has 0 fully saturated rings. The summed E-state index contributed by atoms with van der Waals surface area (Å²) in [5, 5.41) is 4.08. The van der Waals surface area contributed by atoms with Gasteiger partial charge in [-0.1, -0.05) is 0 Å². The molecule has 0 bridgehead atoms. The van der Waals surface area contributed by atoms with E-state index in [4.69, 9.17) is 4.74 Å². The number of sulfonamides is 1. The number of ether oxygens (including phenoxy) is 1. The molecule has 1 heterocycles. The van der Waals surface area contributed by atoms with E-state index in [-0.39, 0.29) is 11.4 Å². The predicted octanol–water partition coefficient (Wildman–Crippen LogP) is 2.01. The number of benzene rings is 1. The monoisotopic (exact) mass is 373 g/mol. The van der Waals surface area contributed by atoms with Crippen LogP contribution in [0.25, 0.3) is 0 Å². The van der Waals surface area contributed by atoms with Gasteiger partial charge in [0.15, 0.2) is 0 Å². The highest BCUT2D eigenvalue weighted by Crippen LogP contribution is 2.22. The molecule has 114 valence electrons. The summed E-state index contributed by atoms with van der Waals surface area (Å²) in [6, 6.07) is 6.31. The maximum Gasteiger partial charge on any atom is 0.243 e. The van der Waals surface area contributed by atoms with Crippen molar-refractivity contribution in [3.63, 3.8) is 0 Å². The van der Waals surface area contributed by atoms with Crippen molar-refractivity contribution in [2.45, 2.75) is 11.4 Å². The van der Waals surface area contributed by atoms with Gasteiger partial charge < -0.3 is 4.74 Å². The molecule has 0 aliphatic heterocycles. The van der Waals surface area contributed by atoms with Crippen LogP contribution >= 0.6 is 15.9 Å². The molecule has 2 aromatic rings. The number of nitrogens with zero attached hydrogens (tertiary/aromatic N) is 3. The fourth-order valence-electron chi connectivity index (χ4n) is 1.84. The molecule has 1 aromatic heterocycles. The zero-order valence-corrected chi connectivity index (χ0v) is 14.3. The summed E-state index contributed by atoms with van der Waals surface area (Å²) in [7, 11) is 1.29. The summed E-state index contributed by atoms with van der Waals surface area (Å²) in [6.45, 7) is 0.228. The number of aryl methyl sites for hydroxylation is 1. The highest BCUT2D eigenvalue weighted by atomic mass is 79.9. The predicted molar refractivity (Wildman–Crippen MR) is 82.6 cm³/mol. The third-order valence-corrected chi connectivity index (χ3v) is 5.63. The molecule has 0 radical (unpaired) electrons. The Hall–Kier alpha value is -1.38. The average molecular weight is 374 g/mol. The van der Waals surface area contributed by atoms with Gasteiger partial charge in [-0.15, -0.1) is 0 Å². The summed E-state index contributed by atoms with van der Waals surface area (Å²) >= 11 is 3.37. The van der Waals surface area contributed by atoms with Crippen LogP contribution in [0.3, 0.4) is 0 Å². The van der Waals surface area contributed by atoms with Crippen LogP contribution in [0, 0.1) is 0 Å². The van der Waals surface area contributed by atoms with E-state index in [0.29, 0.717) is 5.75 Å². The van der Waals surface area contributed by atoms with Crippen molar-refractivity contribution in [2.24, 2.45) is 7.05 Å². The third kappa shape index (κ3) is 3.28. The van der Waals surface area contributed by atoms with E-state index in [9.17, 15) is 8.42 Å². The zero-order valence-electron chi connectivity index (χ0n) is 11.9. The molecule has 0 saturated carbocycles. The fraction of sp³-hybridized carbons (Fsp3) is 0.308. The molecule has 21 heavy (non-hydrogen) atoms. The molecule has 6 nitrogen and oxygen atoms in total. The van der Waals surface area contributed by atoms with Gasteiger partial charge in [0.1, 0.15) is 5.75 Å². The Morgan fingerprint density at radius 3 is 2.43 bits per heavy atom. The summed E-state index contributed by atoms with van der Waals surface area (Å²) < 4.78 is 33.8. The van der Waals surface area contributed by atoms with Crippen LogP contribution in [-0.2, 0) is 23.6 Å². The maximum atomic E-state index is 12.5. The van der Waals surface area contributed by atoms with Gasteiger partial charge in [-0.3, -0.25) is 4.68 Å². The minimum absolute atomic E-state index is 0.226. The molecule has 1 aromatic carbocycles. The van der Waals surface area contributed by atoms with Gasteiger partial charge in [0.2, 0.25) is 10.0 Å². The van der Waals surface area contributed by atoms with Crippen LogP contribution < -0.4 is 4.74 Å². The zero-order chi connectivity index (χ0) is 15.6. The van der Waals surface area contributed by atoms with E-state index < -0.39 is 10.0 Å². The highest BCUT2D eigenvalue weighted by Gasteiger charge is 2.22. The van der Waals surface area contributed by atoms with Crippen molar-refractivity contribution in [1.82, 2.24) is 14.1 Å². The lowest BCUT2D eigenvalue weighted by molar-refractivity contribution is 0.414. The quantitative estimate of drug-likeness (QED) is 0.803. The standard InChI is InChI=1S/C13H16BrN3O3S/c1-16(9-13-12(14)8-15-17(13)2)21(18,19)11-6-4-10(20-3)5-7-11/h4-8H,9H2,1-3H3. The second kappa shape index (κ2) is 6.17. The molecule has 0 atom stereocenters. The van der Waals surface area contributed by atoms with Crippen molar-refractivity contribution in [3.8, 4) is 5.75 Å². The molecular formula is C13H16BrN3O3S. The summed E-state index contributed by atoms with van der Waals surface area (Å²) in [5.41, 5.74) is 0.787. The lowest BCUT2D eigenvalue weighted by Crippen LogP contribution is -2.27. The fourth-order valence-corrected chi connectivity index (χ4v) is 3.44. The van der Waals surface area contributed by atoms with E-state index in [1.807, 2.05) is 0 Å². The average Bonchev–Trinajstić information content (AvgIpc) is 2.79. The van der Waals surface area contributed by atoms with Crippen LogP contribution in [0.15, 0.2) is 39.8 Å². The van der Waals surface area contributed by atoms with Gasteiger partial charge in [-0.05, 0) is 40.2 Å². The molecular weight excluding hydrogens is 358 g/mol. The Morgan fingerprint density at radius 1 is 1.33 bits per heavy atom. The smallest absolute Gasteiger partial charge is 0.243 e. The first kappa shape index (κ1) is 16.0. The van der Waals surface area contributed by atoms with E-state index in [2.05, 4.69) is 21.0 Å². The number of hydrogen-bond acceptors (Lipinski definition) is 4. The number of hydrogen-bond donors (Lipinski definition) is 0. The van der Waals surface area contributed by atoms with E-state index in [1.54, 1.807) is 37.1 Å². The van der Waals surface area contributed by atoms with E-state index >= 15 is 0 Å². The minimum Gasteiger partial charge on any atom is -0.497 e. The SMILES string of the molecule is COc1ccc(S(=O)(=O)N(C)Cc2c(Br)cnn2C)cc1. The first-order chi connectivity index (χ1) is 9.86. The second-order valence-corrected chi connectivity index (χ2v) is 7.40. The van der Waals surface area contributed by atoms with Crippen LogP contribution in [0.4, 0.5) is 0 Å². The molecule has 2 rings (SSSR count). The van der Waals surface area contributed by atoms with Crippen molar-refractivity contribution >= 4 is 26.0 Å².